The predicted molar refractivity (Wildman–Crippen MR) is 92.1 cm³/mol. The number of sulfone groups is 1. The molecular formula is C17H21N3O5S. The molecule has 2 aromatic rings. The molecule has 0 saturated carbocycles. The third-order valence-corrected chi connectivity index (χ3v) is 6.02. The zero-order chi connectivity index (χ0) is 18.3. The molecule has 2 aliphatic rings. The van der Waals surface area contributed by atoms with Crippen LogP contribution in [0.5, 0.6) is 0 Å². The van der Waals surface area contributed by atoms with Crippen LogP contribution in [0, 0.1) is 0 Å². The quantitative estimate of drug-likeness (QED) is 0.760. The van der Waals surface area contributed by atoms with E-state index in [1.807, 2.05) is 0 Å². The minimum absolute atomic E-state index is 0.231. The van der Waals surface area contributed by atoms with Crippen LogP contribution in [0.25, 0.3) is 0 Å². The van der Waals surface area contributed by atoms with E-state index in [2.05, 4.69) is 10.3 Å². The van der Waals surface area contributed by atoms with Gasteiger partial charge in [-0.05, 0) is 17.7 Å². The van der Waals surface area contributed by atoms with E-state index in [1.54, 1.807) is 47.6 Å². The molecule has 26 heavy (non-hydrogen) atoms. The summed E-state index contributed by atoms with van der Waals surface area (Å²) >= 11 is 0. The number of hydrogen-bond donors (Lipinski definition) is 2. The van der Waals surface area contributed by atoms with Crippen LogP contribution in [0.2, 0.25) is 0 Å². The van der Waals surface area contributed by atoms with Gasteiger partial charge in [-0.2, -0.15) is 0 Å². The van der Waals surface area contributed by atoms with Crippen LogP contribution in [-0.2, 0) is 25.9 Å². The third-order valence-electron chi connectivity index (χ3n) is 4.89. The second kappa shape index (κ2) is 6.75. The molecule has 0 aliphatic carbocycles. The maximum absolute atomic E-state index is 11.5. The summed E-state index contributed by atoms with van der Waals surface area (Å²) in [5.74, 6) is 0. The fraction of sp³-hybridized carbons (Fsp3) is 0.471. The number of aliphatic hydroxyl groups is 1. The zero-order valence-corrected chi connectivity index (χ0v) is 15.0. The SMILES string of the molecule is CS(=O)(=O)c1ccc(CNC2C3COC(O3)C(n3ccnc3)C2O)cc1. The first-order chi connectivity index (χ1) is 12.4. The summed E-state index contributed by atoms with van der Waals surface area (Å²) in [6, 6.07) is 6.02. The Bertz CT molecular complexity index is 853. The number of imidazole rings is 1. The van der Waals surface area contributed by atoms with Crippen molar-refractivity contribution in [2.24, 2.45) is 0 Å². The smallest absolute Gasteiger partial charge is 0.181 e. The molecule has 2 saturated heterocycles. The summed E-state index contributed by atoms with van der Waals surface area (Å²) < 4.78 is 36.5. The molecule has 0 amide bonds. The lowest BCUT2D eigenvalue weighted by atomic mass is 9.95. The number of benzene rings is 1. The number of nitrogens with one attached hydrogen (secondary N) is 1. The van der Waals surface area contributed by atoms with Crippen molar-refractivity contribution in [1.29, 1.82) is 0 Å². The second-order valence-corrected chi connectivity index (χ2v) is 8.71. The Balaban J connectivity index is 1.47. The van der Waals surface area contributed by atoms with Crippen LogP contribution in [0.3, 0.4) is 0 Å². The highest BCUT2D eigenvalue weighted by molar-refractivity contribution is 7.90. The van der Waals surface area contributed by atoms with Crippen LogP contribution in [0.4, 0.5) is 0 Å². The fourth-order valence-corrected chi connectivity index (χ4v) is 4.14. The Morgan fingerprint density at radius 1 is 1.35 bits per heavy atom. The molecule has 5 atom stereocenters. The van der Waals surface area contributed by atoms with Crippen molar-refractivity contribution in [1.82, 2.24) is 14.9 Å². The van der Waals surface area contributed by atoms with E-state index in [0.29, 0.717) is 13.2 Å². The maximum atomic E-state index is 11.5. The van der Waals surface area contributed by atoms with Crippen LogP contribution in [-0.4, -0.2) is 60.5 Å². The van der Waals surface area contributed by atoms with Gasteiger partial charge in [0, 0.05) is 25.2 Å². The number of nitrogens with zero attached hydrogens (tertiary/aromatic N) is 2. The highest BCUT2D eigenvalue weighted by atomic mass is 32.2. The number of fused-ring (bicyclic) bond motifs is 2. The summed E-state index contributed by atoms with van der Waals surface area (Å²) in [7, 11) is -3.21. The lowest BCUT2D eigenvalue weighted by Crippen LogP contribution is -2.57. The molecule has 8 nitrogen and oxygen atoms in total. The average molecular weight is 379 g/mol. The van der Waals surface area contributed by atoms with Crippen molar-refractivity contribution >= 4 is 9.84 Å². The molecule has 5 unspecified atom stereocenters. The monoisotopic (exact) mass is 379 g/mol. The van der Waals surface area contributed by atoms with Gasteiger partial charge in [-0.15, -0.1) is 0 Å². The zero-order valence-electron chi connectivity index (χ0n) is 14.2. The molecule has 9 heteroatoms. The Morgan fingerprint density at radius 3 is 2.77 bits per heavy atom. The Labute approximate surface area is 151 Å². The predicted octanol–water partition coefficient (Wildman–Crippen LogP) is 0.102. The van der Waals surface area contributed by atoms with Gasteiger partial charge in [-0.3, -0.25) is 0 Å². The first-order valence-electron chi connectivity index (χ1n) is 8.38. The third kappa shape index (κ3) is 3.28. The van der Waals surface area contributed by atoms with E-state index >= 15 is 0 Å². The van der Waals surface area contributed by atoms with Crippen molar-refractivity contribution in [3.8, 4) is 0 Å². The number of ether oxygens (including phenoxy) is 2. The normalized spacial score (nSPS) is 31.2. The molecule has 2 aliphatic heterocycles. The molecule has 4 rings (SSSR count). The van der Waals surface area contributed by atoms with Crippen LogP contribution < -0.4 is 5.32 Å². The van der Waals surface area contributed by atoms with Crippen molar-refractivity contribution in [2.75, 3.05) is 12.9 Å². The van der Waals surface area contributed by atoms with E-state index in [4.69, 9.17) is 9.47 Å². The molecule has 0 spiro atoms. The minimum atomic E-state index is -3.21. The standard InChI is InChI=1S/C17H21N3O5S/c1-26(22,23)12-4-2-11(3-5-12)8-19-14-13-9-24-17(25-13)15(16(14)21)20-7-6-18-10-20/h2-7,10,13-17,19,21H,8-9H2,1H3. The number of rotatable bonds is 5. The van der Waals surface area contributed by atoms with E-state index < -0.39 is 22.2 Å². The molecular weight excluding hydrogens is 358 g/mol. The van der Waals surface area contributed by atoms with Crippen LogP contribution in [0.15, 0.2) is 47.9 Å². The number of aromatic nitrogens is 2. The van der Waals surface area contributed by atoms with Gasteiger partial charge in [-0.1, -0.05) is 12.1 Å². The summed E-state index contributed by atoms with van der Waals surface area (Å²) in [5.41, 5.74) is 0.921. The van der Waals surface area contributed by atoms with Crippen molar-refractivity contribution in [3.05, 3.63) is 48.5 Å². The van der Waals surface area contributed by atoms with Gasteiger partial charge in [0.2, 0.25) is 0 Å². The van der Waals surface area contributed by atoms with Gasteiger partial charge in [0.05, 0.1) is 30.0 Å². The average Bonchev–Trinajstić information content (AvgIpc) is 3.26. The number of hydrogen-bond acceptors (Lipinski definition) is 7. The van der Waals surface area contributed by atoms with E-state index in [0.717, 1.165) is 5.56 Å². The molecule has 2 bridgehead atoms. The largest absolute Gasteiger partial charge is 0.389 e. The molecule has 3 heterocycles. The second-order valence-electron chi connectivity index (χ2n) is 6.69. The molecule has 1 aromatic heterocycles. The first-order valence-corrected chi connectivity index (χ1v) is 10.3. The lowest BCUT2D eigenvalue weighted by Gasteiger charge is -2.39. The molecule has 140 valence electrons. The van der Waals surface area contributed by atoms with E-state index in [1.165, 1.54) is 6.26 Å². The lowest BCUT2D eigenvalue weighted by molar-refractivity contribution is -0.165. The Kier molecular flexibility index (Phi) is 4.57. The van der Waals surface area contributed by atoms with E-state index in [-0.39, 0.29) is 23.1 Å². The molecule has 0 radical (unpaired) electrons. The molecule has 2 fully saturated rings. The fourth-order valence-electron chi connectivity index (χ4n) is 3.51. The highest BCUT2D eigenvalue weighted by Crippen LogP contribution is 2.35. The summed E-state index contributed by atoms with van der Waals surface area (Å²) in [6.45, 7) is 0.893. The van der Waals surface area contributed by atoms with Crippen molar-refractivity contribution in [3.63, 3.8) is 0 Å². The summed E-state index contributed by atoms with van der Waals surface area (Å²) in [6.07, 6.45) is 4.83. The first kappa shape index (κ1) is 17.6. The molecule has 2 N–H and O–H groups in total. The Morgan fingerprint density at radius 2 is 2.12 bits per heavy atom. The molecule has 1 aromatic carbocycles. The maximum Gasteiger partial charge on any atom is 0.181 e. The minimum Gasteiger partial charge on any atom is -0.389 e. The Hall–Kier alpha value is -1.78. The summed E-state index contributed by atoms with van der Waals surface area (Å²) in [5, 5.41) is 14.2. The van der Waals surface area contributed by atoms with Gasteiger partial charge >= 0.3 is 0 Å². The van der Waals surface area contributed by atoms with Crippen LogP contribution >= 0.6 is 0 Å². The van der Waals surface area contributed by atoms with Gasteiger partial charge in [0.1, 0.15) is 12.1 Å². The van der Waals surface area contributed by atoms with Gasteiger partial charge in [0.15, 0.2) is 16.1 Å². The van der Waals surface area contributed by atoms with Crippen LogP contribution in [0.1, 0.15) is 11.6 Å². The van der Waals surface area contributed by atoms with Crippen molar-refractivity contribution in [2.45, 2.75) is 42.0 Å². The van der Waals surface area contributed by atoms with Gasteiger partial charge in [-0.25, -0.2) is 13.4 Å². The number of aliphatic hydroxyl groups excluding tert-OH is 1. The summed E-state index contributed by atoms with van der Waals surface area (Å²) in [4.78, 5) is 4.32. The van der Waals surface area contributed by atoms with Gasteiger partial charge in [0.25, 0.3) is 0 Å². The van der Waals surface area contributed by atoms with Gasteiger partial charge < -0.3 is 24.5 Å². The topological polar surface area (TPSA) is 103 Å². The van der Waals surface area contributed by atoms with E-state index in [9.17, 15) is 13.5 Å². The highest BCUT2D eigenvalue weighted by Gasteiger charge is 2.50. The van der Waals surface area contributed by atoms with Crippen molar-refractivity contribution < 1.29 is 23.0 Å².